The summed E-state index contributed by atoms with van der Waals surface area (Å²) in [6.45, 7) is 0.381. The van der Waals surface area contributed by atoms with E-state index < -0.39 is 0 Å². The summed E-state index contributed by atoms with van der Waals surface area (Å²) >= 11 is 0. The Morgan fingerprint density at radius 2 is 1.93 bits per heavy atom. The zero-order valence-electron chi connectivity index (χ0n) is 8.43. The average Bonchev–Trinajstić information content (AvgIpc) is 2.27. The first-order valence-corrected chi connectivity index (χ1v) is 4.80. The molecule has 1 aromatic rings. The van der Waals surface area contributed by atoms with Crippen LogP contribution in [-0.2, 0) is 4.79 Å². The molecule has 1 unspecified atom stereocenters. The number of amides is 3. The third-order valence-corrected chi connectivity index (χ3v) is 2.59. The number of imide groups is 1. The van der Waals surface area contributed by atoms with Crippen LogP contribution >= 0.6 is 0 Å². The molecular weight excluding hydrogens is 192 g/mol. The Morgan fingerprint density at radius 1 is 1.27 bits per heavy atom. The summed E-state index contributed by atoms with van der Waals surface area (Å²) < 4.78 is 0. The Hall–Kier alpha value is -1.84. The lowest BCUT2D eigenvalue weighted by Crippen LogP contribution is -2.51. The van der Waals surface area contributed by atoms with Gasteiger partial charge in [-0.1, -0.05) is 30.3 Å². The van der Waals surface area contributed by atoms with E-state index in [-0.39, 0.29) is 17.9 Å². The number of likely N-dealkylation sites (N-methyl/N-ethyl adjacent to an activating group) is 1. The highest BCUT2D eigenvalue weighted by Gasteiger charge is 2.32. The van der Waals surface area contributed by atoms with Gasteiger partial charge in [-0.2, -0.15) is 0 Å². The first-order valence-electron chi connectivity index (χ1n) is 4.80. The minimum Gasteiger partial charge on any atom is -0.336 e. The largest absolute Gasteiger partial charge is 0.336 e. The number of carbonyl (C=O) groups excluding carboxylic acids is 2. The van der Waals surface area contributed by atoms with Crippen LogP contribution < -0.4 is 5.32 Å². The molecule has 15 heavy (non-hydrogen) atoms. The summed E-state index contributed by atoms with van der Waals surface area (Å²) in [4.78, 5) is 24.1. The fraction of sp³-hybridized carbons (Fsp3) is 0.273. The molecule has 1 heterocycles. The quantitative estimate of drug-likeness (QED) is 0.740. The number of carbonyl (C=O) groups is 2. The molecule has 0 spiro atoms. The number of hydrogen-bond acceptors (Lipinski definition) is 2. The first-order chi connectivity index (χ1) is 7.20. The Balaban J connectivity index is 2.25. The van der Waals surface area contributed by atoms with Gasteiger partial charge in [0.15, 0.2) is 0 Å². The lowest BCUT2D eigenvalue weighted by molar-refractivity contribution is -0.129. The maximum Gasteiger partial charge on any atom is 0.323 e. The van der Waals surface area contributed by atoms with Gasteiger partial charge >= 0.3 is 6.03 Å². The van der Waals surface area contributed by atoms with Gasteiger partial charge in [0, 0.05) is 13.6 Å². The smallest absolute Gasteiger partial charge is 0.323 e. The highest BCUT2D eigenvalue weighted by molar-refractivity contribution is 6.00. The zero-order chi connectivity index (χ0) is 10.8. The Kier molecular flexibility index (Phi) is 2.41. The van der Waals surface area contributed by atoms with Crippen LogP contribution in [0.25, 0.3) is 0 Å². The van der Waals surface area contributed by atoms with Crippen molar-refractivity contribution in [1.82, 2.24) is 10.2 Å². The molecule has 0 saturated carbocycles. The van der Waals surface area contributed by atoms with E-state index in [1.807, 2.05) is 30.3 Å². The van der Waals surface area contributed by atoms with Gasteiger partial charge < -0.3 is 5.32 Å². The summed E-state index contributed by atoms with van der Waals surface area (Å²) in [6, 6.07) is 9.14. The Morgan fingerprint density at radius 3 is 2.60 bits per heavy atom. The number of hydrogen-bond donors (Lipinski definition) is 1. The van der Waals surface area contributed by atoms with Gasteiger partial charge in [-0.05, 0) is 5.56 Å². The molecule has 0 bridgehead atoms. The summed E-state index contributed by atoms with van der Waals surface area (Å²) in [6.07, 6.45) is 0. The van der Waals surface area contributed by atoms with E-state index in [4.69, 9.17) is 0 Å². The summed E-state index contributed by atoms with van der Waals surface area (Å²) in [5.41, 5.74) is 0.939. The number of benzene rings is 1. The Labute approximate surface area is 87.9 Å². The fourth-order valence-electron chi connectivity index (χ4n) is 1.67. The van der Waals surface area contributed by atoms with Crippen molar-refractivity contribution in [2.24, 2.45) is 0 Å². The van der Waals surface area contributed by atoms with Crippen molar-refractivity contribution >= 4 is 11.9 Å². The van der Waals surface area contributed by atoms with E-state index in [2.05, 4.69) is 5.32 Å². The molecule has 1 N–H and O–H groups in total. The van der Waals surface area contributed by atoms with Crippen molar-refractivity contribution in [2.75, 3.05) is 13.6 Å². The fourth-order valence-corrected chi connectivity index (χ4v) is 1.67. The predicted octanol–water partition coefficient (Wildman–Crippen LogP) is 0.952. The molecule has 0 aliphatic carbocycles. The molecule has 1 aromatic carbocycles. The van der Waals surface area contributed by atoms with E-state index in [9.17, 15) is 9.59 Å². The van der Waals surface area contributed by atoms with Crippen molar-refractivity contribution < 1.29 is 9.59 Å². The van der Waals surface area contributed by atoms with Gasteiger partial charge in [-0.25, -0.2) is 4.79 Å². The second-order valence-corrected chi connectivity index (χ2v) is 3.55. The molecular formula is C11H12N2O2. The van der Waals surface area contributed by atoms with Crippen molar-refractivity contribution in [3.8, 4) is 0 Å². The van der Waals surface area contributed by atoms with Crippen LogP contribution in [-0.4, -0.2) is 30.4 Å². The Bertz CT molecular complexity index is 389. The average molecular weight is 204 g/mol. The van der Waals surface area contributed by atoms with Crippen LogP contribution in [0.5, 0.6) is 0 Å². The van der Waals surface area contributed by atoms with Crippen LogP contribution in [0.15, 0.2) is 30.3 Å². The SMILES string of the molecule is CN1C(=O)NCC(c2ccccc2)C1=O. The molecule has 78 valence electrons. The topological polar surface area (TPSA) is 49.4 Å². The molecule has 1 aliphatic heterocycles. The van der Waals surface area contributed by atoms with Gasteiger partial charge in [0.05, 0.1) is 5.92 Å². The number of urea groups is 1. The van der Waals surface area contributed by atoms with Crippen LogP contribution in [0.1, 0.15) is 11.5 Å². The van der Waals surface area contributed by atoms with Gasteiger partial charge in [0.2, 0.25) is 5.91 Å². The van der Waals surface area contributed by atoms with E-state index in [0.29, 0.717) is 6.54 Å². The molecule has 0 aromatic heterocycles. The van der Waals surface area contributed by atoms with Gasteiger partial charge in [0.1, 0.15) is 0 Å². The molecule has 1 atom stereocenters. The number of nitrogens with one attached hydrogen (secondary N) is 1. The predicted molar refractivity (Wildman–Crippen MR) is 55.4 cm³/mol. The van der Waals surface area contributed by atoms with Crippen LogP contribution in [0.2, 0.25) is 0 Å². The zero-order valence-corrected chi connectivity index (χ0v) is 8.43. The van der Waals surface area contributed by atoms with Gasteiger partial charge in [-0.3, -0.25) is 9.69 Å². The van der Waals surface area contributed by atoms with Crippen molar-refractivity contribution in [3.63, 3.8) is 0 Å². The van der Waals surface area contributed by atoms with Crippen LogP contribution in [0.3, 0.4) is 0 Å². The van der Waals surface area contributed by atoms with E-state index in [1.165, 1.54) is 7.05 Å². The first kappa shape index (κ1) is 9.71. The lowest BCUT2D eigenvalue weighted by atomic mass is 9.96. The molecule has 0 radical (unpaired) electrons. The van der Waals surface area contributed by atoms with Crippen molar-refractivity contribution in [2.45, 2.75) is 5.92 Å². The van der Waals surface area contributed by atoms with Crippen LogP contribution in [0, 0.1) is 0 Å². The second-order valence-electron chi connectivity index (χ2n) is 3.55. The summed E-state index contributed by atoms with van der Waals surface area (Å²) in [7, 11) is 1.49. The second kappa shape index (κ2) is 3.73. The number of rotatable bonds is 1. The maximum absolute atomic E-state index is 11.8. The molecule has 4 heteroatoms. The standard InChI is InChI=1S/C11H12N2O2/c1-13-10(14)9(7-12-11(13)15)8-5-3-2-4-6-8/h2-6,9H,7H2,1H3,(H,12,15). The molecule has 3 amide bonds. The minimum absolute atomic E-state index is 0.148. The third kappa shape index (κ3) is 1.70. The third-order valence-electron chi connectivity index (χ3n) is 2.59. The minimum atomic E-state index is -0.327. The van der Waals surface area contributed by atoms with E-state index >= 15 is 0 Å². The molecule has 1 saturated heterocycles. The summed E-state index contributed by atoms with van der Waals surface area (Å²) in [5.74, 6) is -0.404. The van der Waals surface area contributed by atoms with E-state index in [0.717, 1.165) is 10.5 Å². The normalized spacial score (nSPS) is 21.4. The lowest BCUT2D eigenvalue weighted by Gasteiger charge is -2.28. The molecule has 2 rings (SSSR count). The van der Waals surface area contributed by atoms with Crippen LogP contribution in [0.4, 0.5) is 4.79 Å². The molecule has 1 aliphatic rings. The molecule has 1 fully saturated rings. The van der Waals surface area contributed by atoms with Crippen molar-refractivity contribution in [1.29, 1.82) is 0 Å². The summed E-state index contributed by atoms with van der Waals surface area (Å²) in [5, 5.41) is 2.68. The molecule has 4 nitrogen and oxygen atoms in total. The highest BCUT2D eigenvalue weighted by Crippen LogP contribution is 2.19. The highest BCUT2D eigenvalue weighted by atomic mass is 16.2. The van der Waals surface area contributed by atoms with Crippen molar-refractivity contribution in [3.05, 3.63) is 35.9 Å². The van der Waals surface area contributed by atoms with E-state index in [1.54, 1.807) is 0 Å². The maximum atomic E-state index is 11.8. The number of nitrogens with zero attached hydrogens (tertiary/aromatic N) is 1. The van der Waals surface area contributed by atoms with Gasteiger partial charge in [-0.15, -0.1) is 0 Å². The monoisotopic (exact) mass is 204 g/mol. The van der Waals surface area contributed by atoms with Gasteiger partial charge in [0.25, 0.3) is 0 Å².